The number of rotatable bonds is 5. The summed E-state index contributed by atoms with van der Waals surface area (Å²) in [6, 6.07) is 10.6. The molecule has 0 unspecified atom stereocenters. The van der Waals surface area contributed by atoms with Gasteiger partial charge in [-0.25, -0.2) is 9.97 Å². The molecule has 2 amide bonds. The number of hydrogen-bond acceptors (Lipinski definition) is 6. The van der Waals surface area contributed by atoms with Gasteiger partial charge in [-0.1, -0.05) is 12.1 Å². The molecule has 1 aliphatic rings. The van der Waals surface area contributed by atoms with Gasteiger partial charge >= 0.3 is 0 Å². The van der Waals surface area contributed by atoms with Crippen LogP contribution >= 0.6 is 0 Å². The molecule has 0 saturated carbocycles. The fourth-order valence-electron chi connectivity index (χ4n) is 3.54. The quantitative estimate of drug-likeness (QED) is 0.642. The Labute approximate surface area is 172 Å². The zero-order valence-corrected chi connectivity index (χ0v) is 16.4. The smallest absolute Gasteiger partial charge is 0.258 e. The summed E-state index contributed by atoms with van der Waals surface area (Å²) in [5, 5.41) is 0.543. The molecule has 4 rings (SSSR count). The van der Waals surface area contributed by atoms with E-state index in [0.717, 1.165) is 5.82 Å². The van der Waals surface area contributed by atoms with Gasteiger partial charge in [0.25, 0.3) is 5.56 Å². The van der Waals surface area contributed by atoms with E-state index in [4.69, 9.17) is 5.73 Å². The first kappa shape index (κ1) is 19.6. The number of aromatic amines is 1. The average Bonchev–Trinajstić information content (AvgIpc) is 2.78. The van der Waals surface area contributed by atoms with Crippen LogP contribution in [0.25, 0.3) is 10.9 Å². The molecule has 30 heavy (non-hydrogen) atoms. The van der Waals surface area contributed by atoms with Crippen LogP contribution in [0.3, 0.4) is 0 Å². The highest BCUT2D eigenvalue weighted by atomic mass is 16.2. The number of para-hydroxylation sites is 1. The number of carbonyl (C=O) groups excluding carboxylic acids is 2. The lowest BCUT2D eigenvalue weighted by atomic mass is 10.2. The molecule has 0 radical (unpaired) electrons. The first-order chi connectivity index (χ1) is 14.5. The summed E-state index contributed by atoms with van der Waals surface area (Å²) < 4.78 is 0. The molecule has 0 atom stereocenters. The Bertz CT molecular complexity index is 1130. The van der Waals surface area contributed by atoms with Gasteiger partial charge in [-0.2, -0.15) is 0 Å². The van der Waals surface area contributed by atoms with Crippen molar-refractivity contribution in [1.29, 1.82) is 0 Å². The van der Waals surface area contributed by atoms with Gasteiger partial charge in [-0.3, -0.25) is 14.4 Å². The molecule has 2 aromatic heterocycles. The van der Waals surface area contributed by atoms with Gasteiger partial charge in [-0.15, -0.1) is 0 Å². The molecule has 3 N–H and O–H groups in total. The number of piperazine rings is 1. The van der Waals surface area contributed by atoms with E-state index in [0.29, 0.717) is 54.9 Å². The lowest BCUT2D eigenvalue weighted by Gasteiger charge is -2.35. The number of carbonyl (C=O) groups is 2. The minimum absolute atomic E-state index is 0.0301. The van der Waals surface area contributed by atoms with Crippen LogP contribution < -0.4 is 16.2 Å². The van der Waals surface area contributed by atoms with Crippen molar-refractivity contribution in [2.75, 3.05) is 31.1 Å². The monoisotopic (exact) mass is 406 g/mol. The van der Waals surface area contributed by atoms with E-state index < -0.39 is 5.91 Å². The summed E-state index contributed by atoms with van der Waals surface area (Å²) in [6.45, 7) is 2.47. The maximum absolute atomic E-state index is 12.6. The Hall–Kier alpha value is -3.75. The molecular weight excluding hydrogens is 384 g/mol. The average molecular weight is 406 g/mol. The zero-order valence-electron chi connectivity index (χ0n) is 16.4. The summed E-state index contributed by atoms with van der Waals surface area (Å²) in [5.41, 5.74) is 6.05. The zero-order chi connectivity index (χ0) is 21.1. The number of amides is 2. The molecule has 1 aliphatic heterocycles. The Morgan fingerprint density at radius 3 is 2.53 bits per heavy atom. The predicted molar refractivity (Wildman–Crippen MR) is 112 cm³/mol. The van der Waals surface area contributed by atoms with Crippen molar-refractivity contribution < 1.29 is 9.59 Å². The molecular formula is C21H22N6O3. The molecule has 0 bridgehead atoms. The largest absolute Gasteiger partial charge is 0.366 e. The number of fused-ring (bicyclic) bond motifs is 1. The van der Waals surface area contributed by atoms with E-state index in [2.05, 4.69) is 19.9 Å². The van der Waals surface area contributed by atoms with Crippen LogP contribution in [0, 0.1) is 0 Å². The number of nitrogens with zero attached hydrogens (tertiary/aromatic N) is 4. The first-order valence-corrected chi connectivity index (χ1v) is 9.78. The van der Waals surface area contributed by atoms with Crippen molar-refractivity contribution in [1.82, 2.24) is 19.9 Å². The highest BCUT2D eigenvalue weighted by Gasteiger charge is 2.22. The van der Waals surface area contributed by atoms with Crippen LogP contribution in [-0.4, -0.2) is 57.8 Å². The second kappa shape index (κ2) is 8.32. The maximum Gasteiger partial charge on any atom is 0.258 e. The standard InChI is InChI=1S/C21H22N6O3/c22-20(29)14-5-7-18(23-13-14)26-9-11-27(12-10-26)19(28)8-6-17-24-16-4-2-1-3-15(16)21(30)25-17/h1-5,7,13H,6,8-12H2,(H2,22,29)(H,24,25,30). The second-order valence-corrected chi connectivity index (χ2v) is 7.17. The maximum atomic E-state index is 12.6. The van der Waals surface area contributed by atoms with Crippen molar-refractivity contribution in [2.45, 2.75) is 12.8 Å². The minimum Gasteiger partial charge on any atom is -0.366 e. The number of pyridine rings is 1. The molecule has 9 heteroatoms. The third-order valence-electron chi connectivity index (χ3n) is 5.23. The van der Waals surface area contributed by atoms with Crippen molar-refractivity contribution in [3.05, 3.63) is 64.3 Å². The number of nitrogens with one attached hydrogen (secondary N) is 1. The summed E-state index contributed by atoms with van der Waals surface area (Å²) in [6.07, 6.45) is 2.13. The number of hydrogen-bond donors (Lipinski definition) is 2. The fourth-order valence-corrected chi connectivity index (χ4v) is 3.54. The van der Waals surface area contributed by atoms with Crippen molar-refractivity contribution in [2.24, 2.45) is 5.73 Å². The van der Waals surface area contributed by atoms with Gasteiger partial charge in [-0.05, 0) is 24.3 Å². The Kier molecular flexibility index (Phi) is 5.42. The number of benzene rings is 1. The summed E-state index contributed by atoms with van der Waals surface area (Å²) >= 11 is 0. The highest BCUT2D eigenvalue weighted by Crippen LogP contribution is 2.15. The number of primary amides is 1. The number of nitrogens with two attached hydrogens (primary N) is 1. The molecule has 0 spiro atoms. The third kappa shape index (κ3) is 4.14. The number of aromatic nitrogens is 3. The Morgan fingerprint density at radius 2 is 1.83 bits per heavy atom. The molecule has 9 nitrogen and oxygen atoms in total. The number of anilines is 1. The van der Waals surface area contributed by atoms with Gasteiger partial charge in [0.1, 0.15) is 11.6 Å². The van der Waals surface area contributed by atoms with Crippen LogP contribution in [0.2, 0.25) is 0 Å². The molecule has 3 heterocycles. The Morgan fingerprint density at radius 1 is 1.07 bits per heavy atom. The Balaban J connectivity index is 1.32. The van der Waals surface area contributed by atoms with Gasteiger partial charge in [0, 0.05) is 45.2 Å². The van der Waals surface area contributed by atoms with E-state index in [9.17, 15) is 14.4 Å². The normalized spacial score (nSPS) is 14.1. The van der Waals surface area contributed by atoms with E-state index in [1.807, 2.05) is 11.0 Å². The molecule has 1 saturated heterocycles. The van der Waals surface area contributed by atoms with Crippen LogP contribution in [0.5, 0.6) is 0 Å². The molecule has 1 fully saturated rings. The van der Waals surface area contributed by atoms with E-state index in [1.165, 1.54) is 6.20 Å². The van der Waals surface area contributed by atoms with Crippen LogP contribution in [0.4, 0.5) is 5.82 Å². The van der Waals surface area contributed by atoms with Crippen molar-refractivity contribution in [3.63, 3.8) is 0 Å². The van der Waals surface area contributed by atoms with Crippen LogP contribution in [0.1, 0.15) is 22.6 Å². The van der Waals surface area contributed by atoms with Gasteiger partial charge in [0.2, 0.25) is 11.8 Å². The molecule has 0 aliphatic carbocycles. The van der Waals surface area contributed by atoms with Crippen molar-refractivity contribution >= 4 is 28.5 Å². The second-order valence-electron chi connectivity index (χ2n) is 7.17. The lowest BCUT2D eigenvalue weighted by Crippen LogP contribution is -2.49. The molecule has 1 aromatic carbocycles. The van der Waals surface area contributed by atoms with Crippen LogP contribution in [-0.2, 0) is 11.2 Å². The summed E-state index contributed by atoms with van der Waals surface area (Å²) in [5.74, 6) is 0.795. The van der Waals surface area contributed by atoms with E-state index in [-0.39, 0.29) is 17.9 Å². The lowest BCUT2D eigenvalue weighted by molar-refractivity contribution is -0.131. The number of aryl methyl sites for hydroxylation is 1. The van der Waals surface area contributed by atoms with Gasteiger partial charge < -0.3 is 20.5 Å². The van der Waals surface area contributed by atoms with Crippen LogP contribution in [0.15, 0.2) is 47.4 Å². The fraction of sp³-hybridized carbons (Fsp3) is 0.286. The van der Waals surface area contributed by atoms with Crippen molar-refractivity contribution in [3.8, 4) is 0 Å². The summed E-state index contributed by atoms with van der Waals surface area (Å²) in [7, 11) is 0. The molecule has 154 valence electrons. The summed E-state index contributed by atoms with van der Waals surface area (Å²) in [4.78, 5) is 51.3. The highest BCUT2D eigenvalue weighted by molar-refractivity contribution is 5.92. The topological polar surface area (TPSA) is 125 Å². The molecule has 3 aromatic rings. The van der Waals surface area contributed by atoms with Gasteiger partial charge in [0.05, 0.1) is 16.5 Å². The first-order valence-electron chi connectivity index (χ1n) is 9.78. The SMILES string of the molecule is NC(=O)c1ccc(N2CCN(C(=O)CCc3nc4ccccc4c(=O)[nH]3)CC2)nc1. The minimum atomic E-state index is -0.508. The number of H-pyrrole nitrogens is 1. The van der Waals surface area contributed by atoms with Gasteiger partial charge in [0.15, 0.2) is 0 Å². The van der Waals surface area contributed by atoms with E-state index in [1.54, 1.807) is 30.3 Å². The van der Waals surface area contributed by atoms with E-state index >= 15 is 0 Å². The third-order valence-corrected chi connectivity index (χ3v) is 5.23. The predicted octanol–water partition coefficient (Wildman–Crippen LogP) is 0.698.